The van der Waals surface area contributed by atoms with E-state index in [9.17, 15) is 0 Å². The highest BCUT2D eigenvalue weighted by molar-refractivity contribution is 5.05. The SMILES string of the molecule is C(#CC1CCCCO1)CCOC1CCCCO1. The molecule has 2 unspecified atom stereocenters. The predicted octanol–water partition coefficient (Wildman–Crippen LogP) is 2.49. The third kappa shape index (κ3) is 5.08. The molecule has 0 amide bonds. The summed E-state index contributed by atoms with van der Waals surface area (Å²) in [5.41, 5.74) is 0. The van der Waals surface area contributed by atoms with E-state index < -0.39 is 0 Å². The molecule has 2 fully saturated rings. The minimum atomic E-state index is 0.0106. The van der Waals surface area contributed by atoms with E-state index in [1.807, 2.05) is 0 Å². The van der Waals surface area contributed by atoms with Crippen LogP contribution in [0, 0.1) is 11.8 Å². The number of hydrogen-bond acceptors (Lipinski definition) is 3. The summed E-state index contributed by atoms with van der Waals surface area (Å²) in [7, 11) is 0. The molecule has 2 atom stereocenters. The molecule has 0 aromatic carbocycles. The van der Waals surface area contributed by atoms with Crippen molar-refractivity contribution in [3.63, 3.8) is 0 Å². The van der Waals surface area contributed by atoms with E-state index in [4.69, 9.17) is 14.2 Å². The lowest BCUT2D eigenvalue weighted by Gasteiger charge is -2.22. The van der Waals surface area contributed by atoms with Crippen molar-refractivity contribution in [3.8, 4) is 11.8 Å². The summed E-state index contributed by atoms with van der Waals surface area (Å²) in [6.07, 6.45) is 7.86. The van der Waals surface area contributed by atoms with Crippen molar-refractivity contribution >= 4 is 0 Å². The van der Waals surface area contributed by atoms with Crippen molar-refractivity contribution in [2.24, 2.45) is 0 Å². The molecule has 3 heteroatoms. The van der Waals surface area contributed by atoms with Crippen molar-refractivity contribution in [3.05, 3.63) is 0 Å². The molecule has 0 saturated carbocycles. The lowest BCUT2D eigenvalue weighted by atomic mass is 10.1. The Morgan fingerprint density at radius 1 is 1.00 bits per heavy atom. The van der Waals surface area contributed by atoms with Gasteiger partial charge in [-0.1, -0.05) is 11.8 Å². The van der Waals surface area contributed by atoms with Crippen molar-refractivity contribution < 1.29 is 14.2 Å². The van der Waals surface area contributed by atoms with Gasteiger partial charge in [-0.05, 0) is 38.5 Å². The van der Waals surface area contributed by atoms with Crippen molar-refractivity contribution in [1.82, 2.24) is 0 Å². The Kier molecular flexibility index (Phi) is 5.84. The van der Waals surface area contributed by atoms with E-state index in [2.05, 4.69) is 11.8 Å². The summed E-state index contributed by atoms with van der Waals surface area (Å²) < 4.78 is 16.6. The number of rotatable bonds is 3. The smallest absolute Gasteiger partial charge is 0.157 e. The van der Waals surface area contributed by atoms with Gasteiger partial charge in [0.2, 0.25) is 0 Å². The largest absolute Gasteiger partial charge is 0.366 e. The highest BCUT2D eigenvalue weighted by Gasteiger charge is 2.13. The molecule has 0 aromatic rings. The van der Waals surface area contributed by atoms with Gasteiger partial charge in [0.15, 0.2) is 6.29 Å². The average Bonchev–Trinajstić information content (AvgIpc) is 2.41. The summed E-state index contributed by atoms with van der Waals surface area (Å²) in [5, 5.41) is 0. The quantitative estimate of drug-likeness (QED) is 0.558. The van der Waals surface area contributed by atoms with Crippen LogP contribution in [0.25, 0.3) is 0 Å². The molecule has 0 N–H and O–H groups in total. The van der Waals surface area contributed by atoms with Gasteiger partial charge in [0, 0.05) is 19.6 Å². The molecule has 2 saturated heterocycles. The minimum Gasteiger partial charge on any atom is -0.366 e. The Morgan fingerprint density at radius 2 is 1.82 bits per heavy atom. The zero-order chi connectivity index (χ0) is 11.8. The third-order valence-electron chi connectivity index (χ3n) is 3.11. The van der Waals surface area contributed by atoms with Gasteiger partial charge in [-0.3, -0.25) is 0 Å². The van der Waals surface area contributed by atoms with E-state index in [-0.39, 0.29) is 12.4 Å². The second-order valence-electron chi connectivity index (χ2n) is 4.59. The van der Waals surface area contributed by atoms with Crippen molar-refractivity contribution in [2.75, 3.05) is 19.8 Å². The highest BCUT2D eigenvalue weighted by Crippen LogP contribution is 2.14. The molecule has 2 aliphatic heterocycles. The Bertz CT molecular complexity index is 254. The van der Waals surface area contributed by atoms with Crippen LogP contribution in [0.4, 0.5) is 0 Å². The summed E-state index contributed by atoms with van der Waals surface area (Å²) >= 11 is 0. The molecule has 3 nitrogen and oxygen atoms in total. The van der Waals surface area contributed by atoms with Gasteiger partial charge >= 0.3 is 0 Å². The second-order valence-corrected chi connectivity index (χ2v) is 4.59. The van der Waals surface area contributed by atoms with Crippen molar-refractivity contribution in [2.45, 2.75) is 57.3 Å². The summed E-state index contributed by atoms with van der Waals surface area (Å²) in [6.45, 7) is 2.38. The Morgan fingerprint density at radius 3 is 2.53 bits per heavy atom. The maximum absolute atomic E-state index is 5.61. The molecule has 0 aromatic heterocycles. The van der Waals surface area contributed by atoms with Gasteiger partial charge in [0.05, 0.1) is 6.61 Å². The standard InChI is InChI=1S/C14H22O3/c1-4-10-15-13(7-1)8-2-5-11-16-14-9-3-6-12-17-14/h13-14H,1,3-7,9-12H2. The van der Waals surface area contributed by atoms with E-state index in [0.29, 0.717) is 6.61 Å². The molecule has 0 bridgehead atoms. The fourth-order valence-electron chi connectivity index (χ4n) is 2.12. The summed E-state index contributed by atoms with van der Waals surface area (Å²) in [4.78, 5) is 0. The monoisotopic (exact) mass is 238 g/mol. The Labute approximate surface area is 104 Å². The number of hydrogen-bond donors (Lipinski definition) is 0. The fraction of sp³-hybridized carbons (Fsp3) is 0.857. The molecule has 2 aliphatic rings. The molecule has 0 aliphatic carbocycles. The summed E-state index contributed by atoms with van der Waals surface area (Å²) in [6, 6.07) is 0. The average molecular weight is 238 g/mol. The van der Waals surface area contributed by atoms with Gasteiger partial charge in [0.1, 0.15) is 6.10 Å². The zero-order valence-electron chi connectivity index (χ0n) is 10.5. The third-order valence-corrected chi connectivity index (χ3v) is 3.11. The number of ether oxygens (including phenoxy) is 3. The Hall–Kier alpha value is -0.560. The minimum absolute atomic E-state index is 0.0106. The van der Waals surface area contributed by atoms with E-state index in [1.54, 1.807) is 0 Å². The molecule has 0 radical (unpaired) electrons. The van der Waals surface area contributed by atoms with Crippen LogP contribution in [0.5, 0.6) is 0 Å². The molecule has 2 rings (SSSR count). The van der Waals surface area contributed by atoms with Crippen LogP contribution < -0.4 is 0 Å². The van der Waals surface area contributed by atoms with Crippen LogP contribution in [0.1, 0.15) is 44.9 Å². The van der Waals surface area contributed by atoms with E-state index in [0.717, 1.165) is 32.5 Å². The van der Waals surface area contributed by atoms with Crippen molar-refractivity contribution in [1.29, 1.82) is 0 Å². The summed E-state index contributed by atoms with van der Waals surface area (Å²) in [5.74, 6) is 6.31. The van der Waals surface area contributed by atoms with Gasteiger partial charge < -0.3 is 14.2 Å². The van der Waals surface area contributed by atoms with Gasteiger partial charge in [-0.15, -0.1) is 0 Å². The molecule has 17 heavy (non-hydrogen) atoms. The van der Waals surface area contributed by atoms with Crippen LogP contribution in [0.3, 0.4) is 0 Å². The lowest BCUT2D eigenvalue weighted by Crippen LogP contribution is -2.22. The first-order valence-electron chi connectivity index (χ1n) is 6.78. The zero-order valence-corrected chi connectivity index (χ0v) is 10.5. The normalized spacial score (nSPS) is 29.4. The van der Waals surface area contributed by atoms with E-state index >= 15 is 0 Å². The maximum Gasteiger partial charge on any atom is 0.157 e. The molecular weight excluding hydrogens is 216 g/mol. The Balaban J connectivity index is 1.54. The molecule has 0 spiro atoms. The fourth-order valence-corrected chi connectivity index (χ4v) is 2.12. The highest BCUT2D eigenvalue weighted by atomic mass is 16.7. The van der Waals surface area contributed by atoms with E-state index in [1.165, 1.54) is 25.7 Å². The maximum atomic E-state index is 5.61. The van der Waals surface area contributed by atoms with Gasteiger partial charge in [-0.25, -0.2) is 0 Å². The molecule has 96 valence electrons. The topological polar surface area (TPSA) is 27.7 Å². The second kappa shape index (κ2) is 7.71. The van der Waals surface area contributed by atoms with Crippen LogP contribution in [0.2, 0.25) is 0 Å². The lowest BCUT2D eigenvalue weighted by molar-refractivity contribution is -0.161. The van der Waals surface area contributed by atoms with Crippen LogP contribution in [-0.4, -0.2) is 32.2 Å². The van der Waals surface area contributed by atoms with Gasteiger partial charge in [-0.2, -0.15) is 0 Å². The van der Waals surface area contributed by atoms with Crippen LogP contribution >= 0.6 is 0 Å². The molecular formula is C14H22O3. The first-order valence-corrected chi connectivity index (χ1v) is 6.78. The molecule has 2 heterocycles. The van der Waals surface area contributed by atoms with Crippen LogP contribution in [0.15, 0.2) is 0 Å². The first kappa shape index (κ1) is 12.9. The van der Waals surface area contributed by atoms with Crippen LogP contribution in [-0.2, 0) is 14.2 Å². The first-order chi connectivity index (χ1) is 8.45. The van der Waals surface area contributed by atoms with Gasteiger partial charge in [0.25, 0.3) is 0 Å². The predicted molar refractivity (Wildman–Crippen MR) is 65.5 cm³/mol.